The van der Waals surface area contributed by atoms with E-state index in [0.717, 1.165) is 25.4 Å². The van der Waals surface area contributed by atoms with Crippen LogP contribution in [0.15, 0.2) is 36.7 Å². The Balaban J connectivity index is 2.43. The maximum Gasteiger partial charge on any atom is 0.0271 e. The summed E-state index contributed by atoms with van der Waals surface area (Å²) in [5, 5.41) is 0. The summed E-state index contributed by atoms with van der Waals surface area (Å²) in [6, 6.07) is 4.12. The van der Waals surface area contributed by atoms with Crippen LogP contribution < -0.4 is 0 Å². The first-order valence-corrected chi connectivity index (χ1v) is 5.87. The minimum Gasteiger partial charge on any atom is -0.296 e. The fraction of sp³-hybridized carbons (Fsp3) is 0.417. The highest BCUT2D eigenvalue weighted by molar-refractivity contribution is 7.80. The summed E-state index contributed by atoms with van der Waals surface area (Å²) >= 11 is 4.14. The van der Waals surface area contributed by atoms with Crippen molar-refractivity contribution >= 4 is 12.6 Å². The minimum atomic E-state index is 0.812. The largest absolute Gasteiger partial charge is 0.296 e. The maximum absolute atomic E-state index is 4.14. The van der Waals surface area contributed by atoms with E-state index in [1.807, 2.05) is 12.4 Å². The molecule has 82 valence electrons. The Morgan fingerprint density at radius 3 is 2.67 bits per heavy atom. The third-order valence-corrected chi connectivity index (χ3v) is 2.45. The number of likely N-dealkylation sites (N-methyl/N-ethyl adjacent to an activating group) is 1. The molecular weight excluding hydrogens is 204 g/mol. The zero-order chi connectivity index (χ0) is 10.9. The molecular formula is C12H18N2S. The highest BCUT2D eigenvalue weighted by atomic mass is 32.1. The third-order valence-electron chi connectivity index (χ3n) is 2.24. The van der Waals surface area contributed by atoms with Gasteiger partial charge in [0.25, 0.3) is 0 Å². The van der Waals surface area contributed by atoms with E-state index >= 15 is 0 Å². The first kappa shape index (κ1) is 12.3. The zero-order valence-electron chi connectivity index (χ0n) is 9.13. The molecule has 0 unspecified atom stereocenters. The number of nitrogens with zero attached hydrogens (tertiary/aromatic N) is 2. The van der Waals surface area contributed by atoms with Crippen molar-refractivity contribution in [1.82, 2.24) is 9.88 Å². The Kier molecular flexibility index (Phi) is 6.12. The summed E-state index contributed by atoms with van der Waals surface area (Å²) in [7, 11) is 0. The number of rotatable bonds is 6. The lowest BCUT2D eigenvalue weighted by Gasteiger charge is -2.18. The second-order valence-electron chi connectivity index (χ2n) is 3.34. The molecule has 0 aliphatic carbocycles. The Hall–Kier alpha value is -0.800. The van der Waals surface area contributed by atoms with Gasteiger partial charge in [0.2, 0.25) is 0 Å². The van der Waals surface area contributed by atoms with Crippen molar-refractivity contribution in [2.75, 3.05) is 18.8 Å². The molecule has 15 heavy (non-hydrogen) atoms. The van der Waals surface area contributed by atoms with Crippen LogP contribution in [0.25, 0.3) is 0 Å². The number of hydrogen-bond donors (Lipinski definition) is 1. The second-order valence-corrected chi connectivity index (χ2v) is 3.70. The lowest BCUT2D eigenvalue weighted by molar-refractivity contribution is 0.311. The Morgan fingerprint density at radius 1 is 1.33 bits per heavy atom. The lowest BCUT2D eigenvalue weighted by atomic mass is 10.2. The quantitative estimate of drug-likeness (QED) is 0.587. The highest BCUT2D eigenvalue weighted by Gasteiger charge is 2.00. The molecule has 0 aromatic carbocycles. The second kappa shape index (κ2) is 7.49. The molecule has 1 aromatic heterocycles. The molecule has 0 saturated heterocycles. The zero-order valence-corrected chi connectivity index (χ0v) is 10.0. The van der Waals surface area contributed by atoms with Crippen molar-refractivity contribution < 1.29 is 0 Å². The average Bonchev–Trinajstić information content (AvgIpc) is 2.29. The molecule has 3 heteroatoms. The molecule has 0 bridgehead atoms. The summed E-state index contributed by atoms with van der Waals surface area (Å²) < 4.78 is 0. The molecule has 0 N–H and O–H groups in total. The molecule has 0 aliphatic heterocycles. The van der Waals surface area contributed by atoms with Crippen LogP contribution in [0.3, 0.4) is 0 Å². The number of hydrogen-bond acceptors (Lipinski definition) is 3. The standard InChI is InChI=1S/C12H18N2S/c1-2-14(9-3-4-10-15)11-12-5-7-13-8-6-12/h3-8,15H,2,9-11H2,1H3. The van der Waals surface area contributed by atoms with E-state index in [2.05, 4.69) is 53.7 Å². The van der Waals surface area contributed by atoms with Crippen LogP contribution >= 0.6 is 12.6 Å². The fourth-order valence-electron chi connectivity index (χ4n) is 1.35. The van der Waals surface area contributed by atoms with Crippen LogP contribution in [0.2, 0.25) is 0 Å². The van der Waals surface area contributed by atoms with E-state index in [1.165, 1.54) is 5.56 Å². The van der Waals surface area contributed by atoms with Crippen molar-refractivity contribution in [2.45, 2.75) is 13.5 Å². The monoisotopic (exact) mass is 222 g/mol. The smallest absolute Gasteiger partial charge is 0.0271 e. The van der Waals surface area contributed by atoms with E-state index in [1.54, 1.807) is 0 Å². The van der Waals surface area contributed by atoms with Gasteiger partial charge in [-0.3, -0.25) is 9.88 Å². The van der Waals surface area contributed by atoms with Gasteiger partial charge in [0.1, 0.15) is 0 Å². The Bertz CT molecular complexity index is 285. The van der Waals surface area contributed by atoms with Crippen LogP contribution in [0.1, 0.15) is 12.5 Å². The van der Waals surface area contributed by atoms with Gasteiger partial charge >= 0.3 is 0 Å². The lowest BCUT2D eigenvalue weighted by Crippen LogP contribution is -2.22. The predicted molar refractivity (Wildman–Crippen MR) is 68.2 cm³/mol. The molecule has 0 saturated carbocycles. The van der Waals surface area contributed by atoms with Gasteiger partial charge in [0.05, 0.1) is 0 Å². The molecule has 1 rings (SSSR count). The van der Waals surface area contributed by atoms with Crippen molar-refractivity contribution in [3.63, 3.8) is 0 Å². The molecule has 0 fully saturated rings. The van der Waals surface area contributed by atoms with Gasteiger partial charge in [-0.25, -0.2) is 0 Å². The molecule has 0 radical (unpaired) electrons. The van der Waals surface area contributed by atoms with Crippen LogP contribution in [0, 0.1) is 0 Å². The maximum atomic E-state index is 4.14. The first-order chi connectivity index (χ1) is 7.36. The van der Waals surface area contributed by atoms with Crippen LogP contribution in [0.5, 0.6) is 0 Å². The van der Waals surface area contributed by atoms with Gasteiger partial charge in [-0.1, -0.05) is 19.1 Å². The first-order valence-electron chi connectivity index (χ1n) is 5.24. The molecule has 0 spiro atoms. The van der Waals surface area contributed by atoms with Crippen molar-refractivity contribution in [3.05, 3.63) is 42.2 Å². The van der Waals surface area contributed by atoms with Crippen LogP contribution in [-0.2, 0) is 6.54 Å². The van der Waals surface area contributed by atoms with Crippen molar-refractivity contribution in [3.8, 4) is 0 Å². The fourth-order valence-corrected chi connectivity index (χ4v) is 1.50. The van der Waals surface area contributed by atoms with E-state index in [0.29, 0.717) is 0 Å². The molecule has 0 atom stereocenters. The predicted octanol–water partition coefficient (Wildman–Crippen LogP) is 2.39. The highest BCUT2D eigenvalue weighted by Crippen LogP contribution is 2.02. The van der Waals surface area contributed by atoms with E-state index in [4.69, 9.17) is 0 Å². The van der Waals surface area contributed by atoms with Gasteiger partial charge in [0, 0.05) is 31.2 Å². The summed E-state index contributed by atoms with van der Waals surface area (Å²) in [6.07, 6.45) is 7.93. The normalized spacial score (nSPS) is 11.4. The molecule has 2 nitrogen and oxygen atoms in total. The molecule has 0 aliphatic rings. The van der Waals surface area contributed by atoms with Gasteiger partial charge in [-0.2, -0.15) is 12.6 Å². The molecule has 1 aromatic rings. The summed E-state index contributed by atoms with van der Waals surface area (Å²) in [5.74, 6) is 0.812. The third kappa shape index (κ3) is 5.00. The Labute approximate surface area is 97.4 Å². The SMILES string of the molecule is CCN(CC=CCS)Cc1ccncc1. The van der Waals surface area contributed by atoms with Gasteiger partial charge < -0.3 is 0 Å². The van der Waals surface area contributed by atoms with Crippen LogP contribution in [-0.4, -0.2) is 28.7 Å². The van der Waals surface area contributed by atoms with E-state index in [9.17, 15) is 0 Å². The van der Waals surface area contributed by atoms with Gasteiger partial charge in [-0.15, -0.1) is 0 Å². The van der Waals surface area contributed by atoms with E-state index < -0.39 is 0 Å². The summed E-state index contributed by atoms with van der Waals surface area (Å²) in [4.78, 5) is 6.38. The average molecular weight is 222 g/mol. The minimum absolute atomic E-state index is 0.812. The van der Waals surface area contributed by atoms with E-state index in [-0.39, 0.29) is 0 Å². The number of pyridine rings is 1. The van der Waals surface area contributed by atoms with Crippen molar-refractivity contribution in [2.24, 2.45) is 0 Å². The summed E-state index contributed by atoms with van der Waals surface area (Å²) in [6.45, 7) is 5.20. The van der Waals surface area contributed by atoms with Gasteiger partial charge in [-0.05, 0) is 24.2 Å². The van der Waals surface area contributed by atoms with Crippen LogP contribution in [0.4, 0.5) is 0 Å². The molecule has 1 heterocycles. The number of aromatic nitrogens is 1. The topological polar surface area (TPSA) is 16.1 Å². The summed E-state index contributed by atoms with van der Waals surface area (Å²) in [5.41, 5.74) is 1.31. The molecule has 0 amide bonds. The van der Waals surface area contributed by atoms with Gasteiger partial charge in [0.15, 0.2) is 0 Å². The van der Waals surface area contributed by atoms with Crippen molar-refractivity contribution in [1.29, 1.82) is 0 Å². The Morgan fingerprint density at radius 2 is 2.07 bits per heavy atom. The number of thiol groups is 1.